The maximum Gasteiger partial charge on any atom is 0.363 e. The Labute approximate surface area is 131 Å². The minimum absolute atomic E-state index is 0.184. The van der Waals surface area contributed by atoms with Crippen LogP contribution in [0.4, 0.5) is 0 Å². The average Bonchev–Trinajstić information content (AvgIpc) is 2.81. The van der Waals surface area contributed by atoms with Crippen molar-refractivity contribution in [3.8, 4) is 0 Å². The van der Waals surface area contributed by atoms with E-state index >= 15 is 0 Å². The number of hydrogen-bond donors (Lipinski definition) is 0. The summed E-state index contributed by atoms with van der Waals surface area (Å²) in [6, 6.07) is 14.3. The van der Waals surface area contributed by atoms with Crippen molar-refractivity contribution in [2.75, 3.05) is 0 Å². The van der Waals surface area contributed by atoms with Crippen LogP contribution in [0, 0.1) is 0 Å². The molecule has 21 heavy (non-hydrogen) atoms. The van der Waals surface area contributed by atoms with Gasteiger partial charge in [0.1, 0.15) is 0 Å². The molecule has 104 valence electrons. The lowest BCUT2D eigenvalue weighted by atomic mass is 10.2. The molecule has 0 spiro atoms. The number of halogens is 2. The van der Waals surface area contributed by atoms with E-state index in [4.69, 9.17) is 27.9 Å². The zero-order chi connectivity index (χ0) is 14.8. The Bertz CT molecular complexity index is 767. The highest BCUT2D eigenvalue weighted by Crippen LogP contribution is 2.26. The van der Waals surface area contributed by atoms with Gasteiger partial charge in [-0.1, -0.05) is 53.5 Å². The van der Waals surface area contributed by atoms with Gasteiger partial charge >= 0.3 is 5.97 Å². The number of hydrogen-bond acceptors (Lipinski definition) is 3. The summed E-state index contributed by atoms with van der Waals surface area (Å²) < 4.78 is 5.17. The zero-order valence-corrected chi connectivity index (χ0v) is 12.2. The van der Waals surface area contributed by atoms with E-state index in [2.05, 4.69) is 4.99 Å². The van der Waals surface area contributed by atoms with Gasteiger partial charge in [-0.25, -0.2) is 9.79 Å². The fourth-order valence-electron chi connectivity index (χ4n) is 1.89. The van der Waals surface area contributed by atoms with E-state index in [1.807, 2.05) is 30.3 Å². The Kier molecular flexibility index (Phi) is 3.78. The van der Waals surface area contributed by atoms with E-state index in [0.29, 0.717) is 15.6 Å². The van der Waals surface area contributed by atoms with E-state index in [9.17, 15) is 4.79 Å². The van der Waals surface area contributed by atoms with Gasteiger partial charge in [0.05, 0.1) is 10.6 Å². The molecular formula is C16H9Cl2NO2. The molecule has 0 bridgehead atoms. The lowest BCUT2D eigenvalue weighted by Gasteiger charge is -2.02. The third-order valence-corrected chi connectivity index (χ3v) is 3.43. The van der Waals surface area contributed by atoms with Crippen molar-refractivity contribution in [2.24, 2.45) is 4.99 Å². The van der Waals surface area contributed by atoms with E-state index in [0.717, 1.165) is 5.56 Å². The highest BCUT2D eigenvalue weighted by atomic mass is 35.5. The van der Waals surface area contributed by atoms with Crippen LogP contribution >= 0.6 is 23.2 Å². The largest absolute Gasteiger partial charge is 0.402 e. The molecule has 3 rings (SSSR count). The molecule has 1 aliphatic rings. The lowest BCUT2D eigenvalue weighted by Crippen LogP contribution is -2.05. The Morgan fingerprint density at radius 1 is 1.05 bits per heavy atom. The van der Waals surface area contributed by atoms with Crippen LogP contribution in [-0.4, -0.2) is 11.9 Å². The molecule has 0 aliphatic carbocycles. The van der Waals surface area contributed by atoms with Crippen LogP contribution in [0.1, 0.15) is 11.1 Å². The Morgan fingerprint density at radius 2 is 1.81 bits per heavy atom. The van der Waals surface area contributed by atoms with E-state index in [-0.39, 0.29) is 11.6 Å². The topological polar surface area (TPSA) is 38.7 Å². The van der Waals surface area contributed by atoms with Gasteiger partial charge in [-0.05, 0) is 29.8 Å². The first-order valence-electron chi connectivity index (χ1n) is 6.16. The summed E-state index contributed by atoms with van der Waals surface area (Å²) >= 11 is 11.9. The number of carbonyl (C=O) groups excluding carboxylic acids is 1. The van der Waals surface area contributed by atoms with Crippen LogP contribution in [-0.2, 0) is 9.53 Å². The van der Waals surface area contributed by atoms with Crippen molar-refractivity contribution in [3.63, 3.8) is 0 Å². The summed E-state index contributed by atoms with van der Waals surface area (Å²) in [5.74, 6) is -0.316. The summed E-state index contributed by atoms with van der Waals surface area (Å²) in [4.78, 5) is 16.1. The van der Waals surface area contributed by atoms with Gasteiger partial charge in [0, 0.05) is 5.02 Å². The normalized spacial score (nSPS) is 16.0. The number of ether oxygens (including phenoxy) is 1. The van der Waals surface area contributed by atoms with Gasteiger partial charge in [-0.3, -0.25) is 0 Å². The summed E-state index contributed by atoms with van der Waals surface area (Å²) in [5, 5.41) is 0.892. The third-order valence-electron chi connectivity index (χ3n) is 2.89. The predicted molar refractivity (Wildman–Crippen MR) is 83.5 cm³/mol. The lowest BCUT2D eigenvalue weighted by molar-refractivity contribution is -0.129. The van der Waals surface area contributed by atoms with Crippen molar-refractivity contribution in [3.05, 3.63) is 75.4 Å². The molecule has 1 aliphatic heterocycles. The Morgan fingerprint density at radius 3 is 2.52 bits per heavy atom. The van der Waals surface area contributed by atoms with Gasteiger partial charge in [-0.2, -0.15) is 0 Å². The van der Waals surface area contributed by atoms with Crippen LogP contribution in [0.3, 0.4) is 0 Å². The van der Waals surface area contributed by atoms with Gasteiger partial charge in [0.25, 0.3) is 0 Å². The molecule has 3 nitrogen and oxygen atoms in total. The maximum absolute atomic E-state index is 11.9. The molecule has 0 saturated heterocycles. The number of rotatable bonds is 2. The maximum atomic E-state index is 11.9. The highest BCUT2D eigenvalue weighted by molar-refractivity contribution is 6.37. The molecule has 1 heterocycles. The molecule has 0 atom stereocenters. The first-order valence-corrected chi connectivity index (χ1v) is 6.92. The van der Waals surface area contributed by atoms with Crippen LogP contribution in [0.25, 0.3) is 6.08 Å². The molecule has 0 aromatic heterocycles. The first kappa shape index (κ1) is 13.9. The average molecular weight is 318 g/mol. The Balaban J connectivity index is 1.97. The molecule has 0 fully saturated rings. The first-order chi connectivity index (χ1) is 10.1. The van der Waals surface area contributed by atoms with Gasteiger partial charge < -0.3 is 4.74 Å². The molecule has 0 unspecified atom stereocenters. The van der Waals surface area contributed by atoms with Gasteiger partial charge in [0.15, 0.2) is 5.70 Å². The molecular weight excluding hydrogens is 309 g/mol. The van der Waals surface area contributed by atoms with E-state index < -0.39 is 5.97 Å². The molecule has 0 saturated carbocycles. The smallest absolute Gasteiger partial charge is 0.363 e. The number of carbonyl (C=O) groups is 1. The second-order valence-corrected chi connectivity index (χ2v) is 5.21. The standard InChI is InChI=1S/C16H9Cl2NO2/c17-11-6-7-12(13(18)9-11)15-19-14(16(20)21-15)8-10-4-2-1-3-5-10/h1-9H/b14-8+. The third kappa shape index (κ3) is 2.99. The number of aliphatic imine (C=N–C) groups is 1. The van der Waals surface area contributed by atoms with Crippen molar-refractivity contribution in [1.82, 2.24) is 0 Å². The van der Waals surface area contributed by atoms with Gasteiger partial charge in [0.2, 0.25) is 5.90 Å². The monoisotopic (exact) mass is 317 g/mol. The number of cyclic esters (lactones) is 1. The number of benzene rings is 2. The Hall–Kier alpha value is -2.10. The summed E-state index contributed by atoms with van der Waals surface area (Å²) in [7, 11) is 0. The van der Waals surface area contributed by atoms with Crippen LogP contribution < -0.4 is 0 Å². The summed E-state index contributed by atoms with van der Waals surface area (Å²) in [5.41, 5.74) is 1.64. The summed E-state index contributed by atoms with van der Waals surface area (Å²) in [6.07, 6.45) is 1.67. The van der Waals surface area contributed by atoms with Crippen LogP contribution in [0.5, 0.6) is 0 Å². The van der Waals surface area contributed by atoms with Crippen molar-refractivity contribution in [1.29, 1.82) is 0 Å². The molecule has 5 heteroatoms. The van der Waals surface area contributed by atoms with Crippen molar-refractivity contribution in [2.45, 2.75) is 0 Å². The van der Waals surface area contributed by atoms with Crippen LogP contribution in [0.2, 0.25) is 10.0 Å². The minimum Gasteiger partial charge on any atom is -0.402 e. The van der Waals surface area contributed by atoms with E-state index in [1.165, 1.54) is 0 Å². The summed E-state index contributed by atoms with van der Waals surface area (Å²) in [6.45, 7) is 0. The van der Waals surface area contributed by atoms with Crippen molar-refractivity contribution >= 4 is 41.1 Å². The van der Waals surface area contributed by atoms with Crippen molar-refractivity contribution < 1.29 is 9.53 Å². The molecule has 2 aromatic rings. The predicted octanol–water partition coefficient (Wildman–Crippen LogP) is 4.34. The number of nitrogens with zero attached hydrogens (tertiary/aromatic N) is 1. The SMILES string of the molecule is O=C1OC(c2ccc(Cl)cc2Cl)=N/C1=C/c1ccccc1. The zero-order valence-electron chi connectivity index (χ0n) is 10.7. The minimum atomic E-state index is -0.500. The number of esters is 1. The second kappa shape index (κ2) is 5.72. The van der Waals surface area contributed by atoms with Gasteiger partial charge in [-0.15, -0.1) is 0 Å². The fraction of sp³-hybridized carbons (Fsp3) is 0. The van der Waals surface area contributed by atoms with Crippen LogP contribution in [0.15, 0.2) is 59.2 Å². The molecule has 2 aromatic carbocycles. The molecule has 0 amide bonds. The quantitative estimate of drug-likeness (QED) is 0.610. The van der Waals surface area contributed by atoms with E-state index in [1.54, 1.807) is 24.3 Å². The fourth-order valence-corrected chi connectivity index (χ4v) is 2.38. The second-order valence-electron chi connectivity index (χ2n) is 4.37. The molecule has 0 N–H and O–H groups in total. The molecule has 0 radical (unpaired) electrons. The highest BCUT2D eigenvalue weighted by Gasteiger charge is 2.25.